The lowest BCUT2D eigenvalue weighted by atomic mass is 10.2. The number of carboxylic acid groups (broad SMARTS) is 1. The second-order valence-corrected chi connectivity index (χ2v) is 4.09. The van der Waals surface area contributed by atoms with Crippen molar-refractivity contribution in [3.63, 3.8) is 0 Å². The van der Waals surface area contributed by atoms with Crippen LogP contribution in [0.2, 0.25) is 0 Å². The van der Waals surface area contributed by atoms with Gasteiger partial charge >= 0.3 is 5.97 Å². The Morgan fingerprint density at radius 2 is 2.38 bits per heavy atom. The van der Waals surface area contributed by atoms with Crippen molar-refractivity contribution in [2.45, 2.75) is 19.4 Å². The lowest BCUT2D eigenvalue weighted by Crippen LogP contribution is -2.40. The Morgan fingerprint density at radius 3 is 2.88 bits per heavy atom. The van der Waals surface area contributed by atoms with Gasteiger partial charge in [0.25, 0.3) is 5.91 Å². The molecule has 0 aliphatic carbocycles. The standard InChI is InChI=1S/C11H13NO3S/c1-2-3-5-8(11(14)15)12-10(13)9-6-4-7-16-9/h2-4,6-8H,5H2,1H3,(H,12,13)(H,14,15)/b3-2+. The minimum Gasteiger partial charge on any atom is -0.480 e. The summed E-state index contributed by atoms with van der Waals surface area (Å²) in [6.07, 6.45) is 3.77. The topological polar surface area (TPSA) is 66.4 Å². The van der Waals surface area contributed by atoms with Gasteiger partial charge in [-0.15, -0.1) is 11.3 Å². The van der Waals surface area contributed by atoms with Crippen LogP contribution in [0.4, 0.5) is 0 Å². The zero-order valence-corrected chi connectivity index (χ0v) is 9.66. The summed E-state index contributed by atoms with van der Waals surface area (Å²) in [5.41, 5.74) is 0. The number of thiophene rings is 1. The van der Waals surface area contributed by atoms with E-state index in [2.05, 4.69) is 5.32 Å². The first-order valence-electron chi connectivity index (χ1n) is 4.83. The van der Waals surface area contributed by atoms with Crippen LogP contribution in [0, 0.1) is 0 Å². The van der Waals surface area contributed by atoms with Gasteiger partial charge in [0.15, 0.2) is 0 Å². The van der Waals surface area contributed by atoms with Crippen molar-refractivity contribution < 1.29 is 14.7 Å². The van der Waals surface area contributed by atoms with Gasteiger partial charge in [0, 0.05) is 0 Å². The van der Waals surface area contributed by atoms with Crippen molar-refractivity contribution in [3.8, 4) is 0 Å². The van der Waals surface area contributed by atoms with Gasteiger partial charge in [0.05, 0.1) is 4.88 Å². The van der Waals surface area contributed by atoms with Crippen LogP contribution >= 0.6 is 11.3 Å². The molecule has 1 rings (SSSR count). The smallest absolute Gasteiger partial charge is 0.326 e. The number of aliphatic carboxylic acids is 1. The van der Waals surface area contributed by atoms with Crippen LogP contribution in [-0.2, 0) is 4.79 Å². The van der Waals surface area contributed by atoms with Crippen LogP contribution in [0.15, 0.2) is 29.7 Å². The van der Waals surface area contributed by atoms with Gasteiger partial charge in [-0.1, -0.05) is 18.2 Å². The van der Waals surface area contributed by atoms with Crippen LogP contribution in [0.1, 0.15) is 23.0 Å². The fourth-order valence-electron chi connectivity index (χ4n) is 1.13. The summed E-state index contributed by atoms with van der Waals surface area (Å²) in [7, 11) is 0. The molecule has 16 heavy (non-hydrogen) atoms. The molecule has 0 fully saturated rings. The summed E-state index contributed by atoms with van der Waals surface area (Å²) in [6.45, 7) is 1.81. The Labute approximate surface area is 97.6 Å². The van der Waals surface area contributed by atoms with Gasteiger partial charge in [-0.25, -0.2) is 4.79 Å². The first-order chi connectivity index (χ1) is 7.65. The molecule has 0 saturated carbocycles. The molecule has 0 aliphatic heterocycles. The SMILES string of the molecule is C/C=C/CC(NC(=O)c1cccs1)C(=O)O. The van der Waals surface area contributed by atoms with Crippen LogP contribution in [0.5, 0.6) is 0 Å². The van der Waals surface area contributed by atoms with Crippen molar-refractivity contribution >= 4 is 23.2 Å². The van der Waals surface area contributed by atoms with Crippen molar-refractivity contribution in [1.29, 1.82) is 0 Å². The van der Waals surface area contributed by atoms with E-state index >= 15 is 0 Å². The van der Waals surface area contributed by atoms with Gasteiger partial charge in [-0.05, 0) is 24.8 Å². The molecule has 86 valence electrons. The summed E-state index contributed by atoms with van der Waals surface area (Å²) >= 11 is 1.29. The lowest BCUT2D eigenvalue weighted by molar-refractivity contribution is -0.139. The van der Waals surface area contributed by atoms with E-state index in [0.717, 1.165) is 0 Å². The predicted octanol–water partition coefficient (Wildman–Crippen LogP) is 1.90. The van der Waals surface area contributed by atoms with Crippen LogP contribution in [-0.4, -0.2) is 23.0 Å². The molecule has 0 saturated heterocycles. The predicted molar refractivity (Wildman–Crippen MR) is 62.6 cm³/mol. The Morgan fingerprint density at radius 1 is 1.62 bits per heavy atom. The Bertz CT molecular complexity index is 384. The van der Waals surface area contributed by atoms with E-state index in [4.69, 9.17) is 5.11 Å². The zero-order chi connectivity index (χ0) is 12.0. The van der Waals surface area contributed by atoms with Crippen molar-refractivity contribution in [2.75, 3.05) is 0 Å². The molecule has 0 aromatic carbocycles. The van der Waals surface area contributed by atoms with Crippen molar-refractivity contribution in [3.05, 3.63) is 34.5 Å². The molecule has 2 N–H and O–H groups in total. The molecule has 0 spiro atoms. The molecule has 0 radical (unpaired) electrons. The number of amides is 1. The Kier molecular flexibility index (Phi) is 4.72. The second-order valence-electron chi connectivity index (χ2n) is 3.15. The monoisotopic (exact) mass is 239 g/mol. The third-order valence-corrected chi connectivity index (χ3v) is 2.82. The fraction of sp³-hybridized carbons (Fsp3) is 0.273. The summed E-state index contributed by atoms with van der Waals surface area (Å²) in [5.74, 6) is -1.37. The highest BCUT2D eigenvalue weighted by Gasteiger charge is 2.19. The molecular weight excluding hydrogens is 226 g/mol. The quantitative estimate of drug-likeness (QED) is 0.771. The maximum absolute atomic E-state index is 11.6. The molecule has 1 aromatic heterocycles. The average Bonchev–Trinajstić information content (AvgIpc) is 2.76. The first kappa shape index (κ1) is 12.4. The van der Waals surface area contributed by atoms with Crippen molar-refractivity contribution in [2.24, 2.45) is 0 Å². The second kappa shape index (κ2) is 6.07. The number of hydrogen-bond acceptors (Lipinski definition) is 3. The minimum absolute atomic E-state index is 0.295. The Balaban J connectivity index is 2.61. The number of hydrogen-bond donors (Lipinski definition) is 2. The summed E-state index contributed by atoms with van der Waals surface area (Å²) in [6, 6.07) is 2.54. The minimum atomic E-state index is -1.02. The number of nitrogens with one attached hydrogen (secondary N) is 1. The van der Waals surface area contributed by atoms with E-state index in [1.165, 1.54) is 11.3 Å². The molecule has 4 nitrogen and oxygen atoms in total. The number of allylic oxidation sites excluding steroid dienone is 1. The molecule has 0 aliphatic rings. The molecule has 5 heteroatoms. The fourth-order valence-corrected chi connectivity index (χ4v) is 1.76. The summed E-state index contributed by atoms with van der Waals surface area (Å²) in [4.78, 5) is 23.0. The number of rotatable bonds is 5. The van der Waals surface area contributed by atoms with Gasteiger partial charge in [0.1, 0.15) is 6.04 Å². The first-order valence-corrected chi connectivity index (χ1v) is 5.71. The van der Waals surface area contributed by atoms with E-state index in [1.807, 2.05) is 0 Å². The van der Waals surface area contributed by atoms with Gasteiger partial charge in [-0.3, -0.25) is 4.79 Å². The largest absolute Gasteiger partial charge is 0.480 e. The van der Waals surface area contributed by atoms with Gasteiger partial charge < -0.3 is 10.4 Å². The number of carboxylic acids is 1. The van der Waals surface area contributed by atoms with Crippen LogP contribution in [0.3, 0.4) is 0 Å². The number of carbonyl (C=O) groups is 2. The van der Waals surface area contributed by atoms with Gasteiger partial charge in [0.2, 0.25) is 0 Å². The molecule has 1 amide bonds. The molecule has 1 heterocycles. The van der Waals surface area contributed by atoms with Crippen LogP contribution < -0.4 is 5.32 Å². The van der Waals surface area contributed by atoms with E-state index in [9.17, 15) is 9.59 Å². The maximum atomic E-state index is 11.6. The molecule has 1 unspecified atom stereocenters. The highest BCUT2D eigenvalue weighted by atomic mass is 32.1. The third-order valence-electron chi connectivity index (χ3n) is 1.96. The molecule has 1 atom stereocenters. The van der Waals surface area contributed by atoms with Crippen molar-refractivity contribution in [1.82, 2.24) is 5.32 Å². The normalized spacial score (nSPS) is 12.6. The lowest BCUT2D eigenvalue weighted by Gasteiger charge is -2.11. The Hall–Kier alpha value is -1.62. The van der Waals surface area contributed by atoms with E-state index < -0.39 is 12.0 Å². The average molecular weight is 239 g/mol. The van der Waals surface area contributed by atoms with Gasteiger partial charge in [-0.2, -0.15) is 0 Å². The highest BCUT2D eigenvalue weighted by molar-refractivity contribution is 7.12. The van der Waals surface area contributed by atoms with E-state index in [0.29, 0.717) is 11.3 Å². The maximum Gasteiger partial charge on any atom is 0.326 e. The third kappa shape index (κ3) is 3.51. The summed E-state index contributed by atoms with van der Waals surface area (Å²) in [5, 5.41) is 13.1. The van der Waals surface area contributed by atoms with E-state index in [-0.39, 0.29) is 5.91 Å². The highest BCUT2D eigenvalue weighted by Crippen LogP contribution is 2.08. The van der Waals surface area contributed by atoms with E-state index in [1.54, 1.807) is 36.6 Å². The molecule has 0 bridgehead atoms. The molecule has 1 aromatic rings. The molecular formula is C11H13NO3S. The zero-order valence-electron chi connectivity index (χ0n) is 8.84. The summed E-state index contributed by atoms with van der Waals surface area (Å²) < 4.78 is 0. The number of carbonyl (C=O) groups excluding carboxylic acids is 1. The van der Waals surface area contributed by atoms with Crippen LogP contribution in [0.25, 0.3) is 0 Å².